The Balaban J connectivity index is 1.84. The summed E-state index contributed by atoms with van der Waals surface area (Å²) in [6.07, 6.45) is 0. The topological polar surface area (TPSA) is 38.9 Å². The minimum Gasteiger partial charge on any atom is -0.399 e. The van der Waals surface area contributed by atoms with E-state index in [0.717, 1.165) is 20.5 Å². The molecule has 0 unspecified atom stereocenters. The summed E-state index contributed by atoms with van der Waals surface area (Å²) < 4.78 is 0.968. The molecule has 0 saturated carbocycles. The predicted octanol–water partition coefficient (Wildman–Crippen LogP) is 5.20. The van der Waals surface area contributed by atoms with Crippen LogP contribution in [0.25, 0.3) is 11.3 Å². The molecule has 0 aliphatic carbocycles. The normalized spacial score (nSPS) is 10.7. The Labute approximate surface area is 130 Å². The zero-order valence-corrected chi connectivity index (χ0v) is 12.8. The van der Waals surface area contributed by atoms with Crippen LogP contribution in [0.4, 0.5) is 5.69 Å². The van der Waals surface area contributed by atoms with Crippen LogP contribution in [0.1, 0.15) is 0 Å². The lowest BCUT2D eigenvalue weighted by Gasteiger charge is -2.02. The molecule has 20 heavy (non-hydrogen) atoms. The molecule has 3 rings (SSSR count). The predicted molar refractivity (Wildman–Crippen MR) is 87.5 cm³/mol. The van der Waals surface area contributed by atoms with Gasteiger partial charge in [0.05, 0.1) is 10.7 Å². The molecule has 2 N–H and O–H groups in total. The van der Waals surface area contributed by atoms with Crippen molar-refractivity contribution in [2.45, 2.75) is 9.24 Å². The lowest BCUT2D eigenvalue weighted by Crippen LogP contribution is -1.84. The summed E-state index contributed by atoms with van der Waals surface area (Å²) in [7, 11) is 0. The third-order valence-corrected chi connectivity index (χ3v) is 5.15. The quantitative estimate of drug-likeness (QED) is 0.675. The fraction of sp³-hybridized carbons (Fsp3) is 0. The van der Waals surface area contributed by atoms with Gasteiger partial charge in [-0.25, -0.2) is 4.98 Å². The van der Waals surface area contributed by atoms with Crippen molar-refractivity contribution in [1.29, 1.82) is 0 Å². The smallest absolute Gasteiger partial charge is 0.155 e. The average molecular weight is 319 g/mol. The maximum Gasteiger partial charge on any atom is 0.155 e. The molecule has 0 bridgehead atoms. The van der Waals surface area contributed by atoms with E-state index in [4.69, 9.17) is 17.3 Å². The molecule has 0 aliphatic rings. The maximum absolute atomic E-state index is 6.18. The SMILES string of the molecule is Nc1ccc(Sc2nc(-c3ccccc3)cs2)c(Cl)c1. The summed E-state index contributed by atoms with van der Waals surface area (Å²) >= 11 is 9.35. The van der Waals surface area contributed by atoms with Gasteiger partial charge in [0.25, 0.3) is 0 Å². The van der Waals surface area contributed by atoms with Crippen molar-refractivity contribution in [1.82, 2.24) is 4.98 Å². The molecular formula is C15H11ClN2S2. The second-order valence-electron chi connectivity index (χ2n) is 4.16. The first-order valence-corrected chi connectivity index (χ1v) is 8.03. The minimum atomic E-state index is 0.659. The molecule has 0 aliphatic heterocycles. The Hall–Kier alpha value is -1.49. The molecule has 0 saturated heterocycles. The molecule has 2 aromatic carbocycles. The van der Waals surface area contributed by atoms with E-state index in [2.05, 4.69) is 22.5 Å². The fourth-order valence-electron chi connectivity index (χ4n) is 1.74. The number of nitrogens with zero attached hydrogens (tertiary/aromatic N) is 1. The molecule has 0 radical (unpaired) electrons. The number of anilines is 1. The molecule has 5 heteroatoms. The van der Waals surface area contributed by atoms with Crippen LogP contribution in [0.5, 0.6) is 0 Å². The number of nitrogens with two attached hydrogens (primary N) is 1. The second kappa shape index (κ2) is 5.87. The molecule has 1 aromatic heterocycles. The van der Waals surface area contributed by atoms with Crippen LogP contribution < -0.4 is 5.73 Å². The highest BCUT2D eigenvalue weighted by molar-refractivity contribution is 8.01. The second-order valence-corrected chi connectivity index (χ2v) is 6.71. The fourth-order valence-corrected chi connectivity index (χ4v) is 3.83. The van der Waals surface area contributed by atoms with Crippen LogP contribution >= 0.6 is 34.7 Å². The number of halogens is 1. The highest BCUT2D eigenvalue weighted by atomic mass is 35.5. The van der Waals surface area contributed by atoms with E-state index in [1.807, 2.05) is 30.3 Å². The van der Waals surface area contributed by atoms with Gasteiger partial charge in [-0.1, -0.05) is 53.7 Å². The summed E-state index contributed by atoms with van der Waals surface area (Å²) in [4.78, 5) is 5.60. The van der Waals surface area contributed by atoms with Gasteiger partial charge in [0.2, 0.25) is 0 Å². The number of rotatable bonds is 3. The van der Waals surface area contributed by atoms with Gasteiger partial charge in [-0.3, -0.25) is 0 Å². The molecule has 1 heterocycles. The summed E-state index contributed by atoms with van der Waals surface area (Å²) in [5.74, 6) is 0. The standard InChI is InChI=1S/C15H11ClN2S2/c16-12-8-11(17)6-7-14(12)20-15-18-13(9-19-15)10-4-2-1-3-5-10/h1-9H,17H2. The molecular weight excluding hydrogens is 308 g/mol. The van der Waals surface area contributed by atoms with Crippen LogP contribution in [0.3, 0.4) is 0 Å². The van der Waals surface area contributed by atoms with Crippen LogP contribution in [0, 0.1) is 0 Å². The monoisotopic (exact) mass is 318 g/mol. The van der Waals surface area contributed by atoms with Gasteiger partial charge in [-0.15, -0.1) is 11.3 Å². The average Bonchev–Trinajstić information content (AvgIpc) is 2.92. The lowest BCUT2D eigenvalue weighted by molar-refractivity contribution is 1.25. The van der Waals surface area contributed by atoms with E-state index in [9.17, 15) is 0 Å². The third-order valence-electron chi connectivity index (χ3n) is 2.71. The number of benzene rings is 2. The first kappa shape index (κ1) is 13.5. The molecule has 3 aromatic rings. The molecule has 2 nitrogen and oxygen atoms in total. The molecule has 0 fully saturated rings. The summed E-state index contributed by atoms with van der Waals surface area (Å²) in [6.45, 7) is 0. The highest BCUT2D eigenvalue weighted by Crippen LogP contribution is 2.37. The van der Waals surface area contributed by atoms with Crippen LogP contribution in [0.2, 0.25) is 5.02 Å². The number of hydrogen-bond acceptors (Lipinski definition) is 4. The lowest BCUT2D eigenvalue weighted by atomic mass is 10.2. The van der Waals surface area contributed by atoms with E-state index in [1.165, 1.54) is 0 Å². The molecule has 0 atom stereocenters. The van der Waals surface area contributed by atoms with Crippen molar-refractivity contribution in [3.8, 4) is 11.3 Å². The van der Waals surface area contributed by atoms with E-state index in [1.54, 1.807) is 29.2 Å². The van der Waals surface area contributed by atoms with Gasteiger partial charge in [0.15, 0.2) is 4.34 Å². The molecule has 0 spiro atoms. The largest absolute Gasteiger partial charge is 0.399 e. The Morgan fingerprint density at radius 2 is 1.90 bits per heavy atom. The van der Waals surface area contributed by atoms with Gasteiger partial charge in [-0.05, 0) is 18.2 Å². The first-order chi connectivity index (χ1) is 9.72. The number of nitrogen functional groups attached to an aromatic ring is 1. The summed E-state index contributed by atoms with van der Waals surface area (Å²) in [6, 6.07) is 15.7. The van der Waals surface area contributed by atoms with E-state index in [0.29, 0.717) is 10.7 Å². The molecule has 100 valence electrons. The zero-order chi connectivity index (χ0) is 13.9. The van der Waals surface area contributed by atoms with E-state index < -0.39 is 0 Å². The van der Waals surface area contributed by atoms with Crippen molar-refractivity contribution >= 4 is 40.4 Å². The van der Waals surface area contributed by atoms with Crippen molar-refractivity contribution < 1.29 is 0 Å². The van der Waals surface area contributed by atoms with Crippen molar-refractivity contribution in [3.05, 3.63) is 58.9 Å². The Bertz CT molecular complexity index is 726. The number of hydrogen-bond donors (Lipinski definition) is 1. The van der Waals surface area contributed by atoms with Gasteiger partial charge in [0.1, 0.15) is 0 Å². The van der Waals surface area contributed by atoms with Gasteiger partial charge in [0, 0.05) is 21.5 Å². The van der Waals surface area contributed by atoms with Crippen LogP contribution in [-0.2, 0) is 0 Å². The Morgan fingerprint density at radius 1 is 1.10 bits per heavy atom. The Morgan fingerprint density at radius 3 is 2.65 bits per heavy atom. The summed E-state index contributed by atoms with van der Waals surface area (Å²) in [5.41, 5.74) is 8.48. The van der Waals surface area contributed by atoms with Crippen molar-refractivity contribution in [2.24, 2.45) is 0 Å². The minimum absolute atomic E-state index is 0.659. The van der Waals surface area contributed by atoms with Crippen molar-refractivity contribution in [2.75, 3.05) is 5.73 Å². The Kier molecular flexibility index (Phi) is 3.96. The molecule has 0 amide bonds. The zero-order valence-electron chi connectivity index (χ0n) is 10.4. The van der Waals surface area contributed by atoms with Gasteiger partial charge in [-0.2, -0.15) is 0 Å². The third kappa shape index (κ3) is 2.98. The van der Waals surface area contributed by atoms with E-state index in [-0.39, 0.29) is 0 Å². The van der Waals surface area contributed by atoms with E-state index >= 15 is 0 Å². The van der Waals surface area contributed by atoms with Crippen LogP contribution in [-0.4, -0.2) is 4.98 Å². The summed E-state index contributed by atoms with van der Waals surface area (Å²) in [5, 5.41) is 2.72. The highest BCUT2D eigenvalue weighted by Gasteiger charge is 2.08. The maximum atomic E-state index is 6.18. The van der Waals surface area contributed by atoms with Gasteiger partial charge < -0.3 is 5.73 Å². The number of aromatic nitrogens is 1. The van der Waals surface area contributed by atoms with Gasteiger partial charge >= 0.3 is 0 Å². The number of thiazole rings is 1. The van der Waals surface area contributed by atoms with Crippen LogP contribution in [0.15, 0.2) is 63.1 Å². The van der Waals surface area contributed by atoms with Crippen molar-refractivity contribution in [3.63, 3.8) is 0 Å². The first-order valence-electron chi connectivity index (χ1n) is 5.96.